The molecule has 0 saturated heterocycles. The fourth-order valence-corrected chi connectivity index (χ4v) is 3.28. The zero-order chi connectivity index (χ0) is 15.2. The van der Waals surface area contributed by atoms with E-state index in [1.54, 1.807) is 26.3 Å². The molecule has 0 amide bonds. The second-order valence-corrected chi connectivity index (χ2v) is 6.43. The molecule has 20 heavy (non-hydrogen) atoms. The van der Waals surface area contributed by atoms with Crippen LogP contribution in [-0.2, 0) is 27.8 Å². The highest BCUT2D eigenvalue weighted by molar-refractivity contribution is 7.89. The number of aryl methyl sites for hydroxylation is 1. The molecule has 0 saturated carbocycles. The molecule has 1 atom stereocenters. The third kappa shape index (κ3) is 4.59. The SMILES string of the molecule is CCNCc1cc(S(=O)(=O)NC(C)COC)cn1CC. The number of rotatable bonds is 9. The Morgan fingerprint density at radius 3 is 2.65 bits per heavy atom. The first-order valence-corrected chi connectivity index (χ1v) is 8.33. The number of ether oxygens (including phenoxy) is 1. The smallest absolute Gasteiger partial charge is 0.242 e. The Bertz CT molecular complexity index is 511. The fourth-order valence-electron chi connectivity index (χ4n) is 1.98. The van der Waals surface area contributed by atoms with Crippen molar-refractivity contribution in [1.82, 2.24) is 14.6 Å². The number of hydrogen-bond acceptors (Lipinski definition) is 4. The Kier molecular flexibility index (Phi) is 6.67. The standard InChI is InChI=1S/C13H25N3O3S/c1-5-14-8-12-7-13(9-16(12)6-2)20(17,18)15-11(3)10-19-4/h7,9,11,14-15H,5-6,8,10H2,1-4H3. The molecule has 0 aliphatic carbocycles. The first-order chi connectivity index (χ1) is 9.44. The molecular weight excluding hydrogens is 278 g/mol. The molecule has 2 N–H and O–H groups in total. The van der Waals surface area contributed by atoms with Gasteiger partial charge in [0.1, 0.15) is 0 Å². The van der Waals surface area contributed by atoms with E-state index in [-0.39, 0.29) is 6.04 Å². The molecule has 0 spiro atoms. The summed E-state index contributed by atoms with van der Waals surface area (Å²) >= 11 is 0. The minimum atomic E-state index is -3.50. The van der Waals surface area contributed by atoms with Crippen molar-refractivity contribution in [3.63, 3.8) is 0 Å². The number of sulfonamides is 1. The van der Waals surface area contributed by atoms with Crippen LogP contribution in [-0.4, -0.2) is 39.3 Å². The van der Waals surface area contributed by atoms with Crippen molar-refractivity contribution in [2.45, 2.75) is 44.8 Å². The van der Waals surface area contributed by atoms with E-state index in [1.165, 1.54) is 0 Å². The monoisotopic (exact) mass is 303 g/mol. The van der Waals surface area contributed by atoms with Crippen LogP contribution in [0.3, 0.4) is 0 Å². The van der Waals surface area contributed by atoms with Gasteiger partial charge in [-0.2, -0.15) is 0 Å². The van der Waals surface area contributed by atoms with Crippen LogP contribution in [0.2, 0.25) is 0 Å². The first-order valence-electron chi connectivity index (χ1n) is 6.85. The summed E-state index contributed by atoms with van der Waals surface area (Å²) in [5.41, 5.74) is 0.967. The second-order valence-electron chi connectivity index (χ2n) is 4.71. The predicted molar refractivity (Wildman–Crippen MR) is 79.1 cm³/mol. The van der Waals surface area contributed by atoms with Gasteiger partial charge in [0.25, 0.3) is 0 Å². The Morgan fingerprint density at radius 1 is 1.40 bits per heavy atom. The molecule has 1 aromatic rings. The summed E-state index contributed by atoms with van der Waals surface area (Å²) in [6.45, 7) is 8.38. The quantitative estimate of drug-likeness (QED) is 0.712. The Labute approximate surface area is 121 Å². The van der Waals surface area contributed by atoms with E-state index in [2.05, 4.69) is 10.0 Å². The van der Waals surface area contributed by atoms with Crippen molar-refractivity contribution in [2.24, 2.45) is 0 Å². The lowest BCUT2D eigenvalue weighted by Crippen LogP contribution is -2.35. The summed E-state index contributed by atoms with van der Waals surface area (Å²) in [6, 6.07) is 1.46. The van der Waals surface area contributed by atoms with Crippen molar-refractivity contribution in [1.29, 1.82) is 0 Å². The van der Waals surface area contributed by atoms with Crippen LogP contribution >= 0.6 is 0 Å². The lowest BCUT2D eigenvalue weighted by atomic mass is 10.4. The maximum absolute atomic E-state index is 12.3. The topological polar surface area (TPSA) is 72.4 Å². The van der Waals surface area contributed by atoms with Crippen LogP contribution < -0.4 is 10.0 Å². The molecule has 7 heteroatoms. The highest BCUT2D eigenvalue weighted by Crippen LogP contribution is 2.15. The molecule has 0 aliphatic rings. The molecule has 0 fully saturated rings. The summed E-state index contributed by atoms with van der Waals surface area (Å²) in [6.07, 6.45) is 1.68. The lowest BCUT2D eigenvalue weighted by molar-refractivity contribution is 0.180. The molecule has 1 rings (SSSR count). The maximum Gasteiger partial charge on any atom is 0.242 e. The van der Waals surface area contributed by atoms with Crippen LogP contribution in [0, 0.1) is 0 Å². The van der Waals surface area contributed by atoms with E-state index in [0.717, 1.165) is 18.8 Å². The molecule has 1 unspecified atom stereocenters. The van der Waals surface area contributed by atoms with E-state index in [4.69, 9.17) is 4.74 Å². The van der Waals surface area contributed by atoms with Gasteiger partial charge in [0, 0.05) is 38.1 Å². The van der Waals surface area contributed by atoms with Gasteiger partial charge in [-0.3, -0.25) is 0 Å². The molecule has 0 radical (unpaired) electrons. The highest BCUT2D eigenvalue weighted by Gasteiger charge is 2.20. The number of methoxy groups -OCH3 is 1. The number of aromatic nitrogens is 1. The molecule has 6 nitrogen and oxygen atoms in total. The summed E-state index contributed by atoms with van der Waals surface area (Å²) < 4.78 is 34.0. The zero-order valence-electron chi connectivity index (χ0n) is 12.6. The third-order valence-corrected chi connectivity index (χ3v) is 4.50. The Hall–Kier alpha value is -0.890. The fraction of sp³-hybridized carbons (Fsp3) is 0.692. The van der Waals surface area contributed by atoms with Crippen LogP contribution in [0.5, 0.6) is 0 Å². The molecule has 1 aromatic heterocycles. The van der Waals surface area contributed by atoms with Gasteiger partial charge >= 0.3 is 0 Å². The summed E-state index contributed by atoms with van der Waals surface area (Å²) in [5, 5.41) is 3.21. The van der Waals surface area contributed by atoms with Crippen molar-refractivity contribution in [2.75, 3.05) is 20.3 Å². The van der Waals surface area contributed by atoms with Gasteiger partial charge in [-0.1, -0.05) is 6.92 Å². The van der Waals surface area contributed by atoms with Crippen LogP contribution in [0.25, 0.3) is 0 Å². The molecule has 1 heterocycles. The largest absolute Gasteiger partial charge is 0.383 e. The highest BCUT2D eigenvalue weighted by atomic mass is 32.2. The van der Waals surface area contributed by atoms with E-state index in [9.17, 15) is 8.42 Å². The normalized spacial score (nSPS) is 13.6. The second kappa shape index (κ2) is 7.78. The van der Waals surface area contributed by atoms with Gasteiger partial charge in [-0.25, -0.2) is 13.1 Å². The zero-order valence-corrected chi connectivity index (χ0v) is 13.5. The molecule has 0 bridgehead atoms. The van der Waals surface area contributed by atoms with Crippen LogP contribution in [0.4, 0.5) is 0 Å². The predicted octanol–water partition coefficient (Wildman–Crippen LogP) is 0.931. The Morgan fingerprint density at radius 2 is 2.10 bits per heavy atom. The van der Waals surface area contributed by atoms with Gasteiger partial charge in [0.2, 0.25) is 10.0 Å². The van der Waals surface area contributed by atoms with E-state index in [1.807, 2.05) is 18.4 Å². The number of hydrogen-bond donors (Lipinski definition) is 2. The Balaban J connectivity index is 2.92. The molecule has 116 valence electrons. The van der Waals surface area contributed by atoms with Crippen molar-refractivity contribution >= 4 is 10.0 Å². The van der Waals surface area contributed by atoms with Crippen LogP contribution in [0.15, 0.2) is 17.2 Å². The van der Waals surface area contributed by atoms with E-state index >= 15 is 0 Å². The molecular formula is C13H25N3O3S. The molecule has 0 aromatic carbocycles. The summed E-state index contributed by atoms with van der Waals surface area (Å²) in [4.78, 5) is 0.301. The summed E-state index contributed by atoms with van der Waals surface area (Å²) in [7, 11) is -1.95. The summed E-state index contributed by atoms with van der Waals surface area (Å²) in [5.74, 6) is 0. The minimum Gasteiger partial charge on any atom is -0.383 e. The van der Waals surface area contributed by atoms with Crippen molar-refractivity contribution < 1.29 is 13.2 Å². The number of nitrogens with one attached hydrogen (secondary N) is 2. The minimum absolute atomic E-state index is 0.257. The third-order valence-electron chi connectivity index (χ3n) is 2.94. The van der Waals surface area contributed by atoms with Crippen molar-refractivity contribution in [3.8, 4) is 0 Å². The van der Waals surface area contributed by atoms with Gasteiger partial charge < -0.3 is 14.6 Å². The van der Waals surface area contributed by atoms with Crippen LogP contribution in [0.1, 0.15) is 26.5 Å². The van der Waals surface area contributed by atoms with Gasteiger partial charge in [-0.05, 0) is 26.5 Å². The number of nitrogens with zero attached hydrogens (tertiary/aromatic N) is 1. The van der Waals surface area contributed by atoms with Gasteiger partial charge in [0.15, 0.2) is 0 Å². The van der Waals surface area contributed by atoms with E-state index < -0.39 is 10.0 Å². The van der Waals surface area contributed by atoms with Gasteiger partial charge in [0.05, 0.1) is 11.5 Å². The van der Waals surface area contributed by atoms with E-state index in [0.29, 0.717) is 18.0 Å². The molecule has 0 aliphatic heterocycles. The average Bonchev–Trinajstić information content (AvgIpc) is 2.79. The first kappa shape index (κ1) is 17.2. The average molecular weight is 303 g/mol. The van der Waals surface area contributed by atoms with Crippen molar-refractivity contribution in [3.05, 3.63) is 18.0 Å². The van der Waals surface area contributed by atoms with Gasteiger partial charge in [-0.15, -0.1) is 0 Å². The lowest BCUT2D eigenvalue weighted by Gasteiger charge is -2.12. The maximum atomic E-state index is 12.3.